The molecule has 2 heterocycles. The van der Waals surface area contributed by atoms with Gasteiger partial charge in [-0.3, -0.25) is 9.69 Å². The Kier molecular flexibility index (Phi) is 10.3. The number of morpholine rings is 1. The first kappa shape index (κ1) is 24.7. The van der Waals surface area contributed by atoms with Crippen molar-refractivity contribution in [1.82, 2.24) is 9.47 Å². The van der Waals surface area contributed by atoms with Crippen molar-refractivity contribution in [3.63, 3.8) is 0 Å². The van der Waals surface area contributed by atoms with Crippen LogP contribution in [-0.2, 0) is 16.1 Å². The average Bonchev–Trinajstić information content (AvgIpc) is 3.02. The second-order valence-electron chi connectivity index (χ2n) is 7.46. The molecular formula is C20H32Cl2N4O2. The van der Waals surface area contributed by atoms with Crippen LogP contribution in [0.4, 0.5) is 5.69 Å². The zero-order chi connectivity index (χ0) is 18.5. The molecule has 0 saturated carbocycles. The molecule has 1 aliphatic heterocycles. The monoisotopic (exact) mass is 430 g/mol. The van der Waals surface area contributed by atoms with Gasteiger partial charge in [-0.05, 0) is 36.6 Å². The Hall–Kier alpha value is -1.31. The standard InChI is InChI=1S/C20H30N4O2.2ClH/c1-15(2)13-18(21)20(25)22-17-3-4-19-16(14-17)5-6-24(19)8-7-23-9-11-26-12-10-23;;/h3-6,14-15,18H,7-13,21H2,1-2H3,(H,22,25);2*1H/t18-;;/m0../s1. The van der Waals surface area contributed by atoms with Crippen LogP contribution in [0.2, 0.25) is 0 Å². The first-order valence-electron chi connectivity index (χ1n) is 9.48. The fourth-order valence-electron chi connectivity index (χ4n) is 3.40. The lowest BCUT2D eigenvalue weighted by Crippen LogP contribution is -2.38. The van der Waals surface area contributed by atoms with E-state index in [-0.39, 0.29) is 30.7 Å². The number of amides is 1. The molecular weight excluding hydrogens is 399 g/mol. The van der Waals surface area contributed by atoms with Crippen LogP contribution in [0.15, 0.2) is 30.5 Å². The van der Waals surface area contributed by atoms with Crippen molar-refractivity contribution >= 4 is 47.3 Å². The van der Waals surface area contributed by atoms with Crippen molar-refractivity contribution in [2.45, 2.75) is 32.9 Å². The van der Waals surface area contributed by atoms with Gasteiger partial charge >= 0.3 is 0 Å². The molecule has 8 heteroatoms. The van der Waals surface area contributed by atoms with Crippen LogP contribution in [0, 0.1) is 5.92 Å². The third-order valence-electron chi connectivity index (χ3n) is 4.86. The molecule has 2 aromatic rings. The van der Waals surface area contributed by atoms with Crippen molar-refractivity contribution in [3.8, 4) is 0 Å². The van der Waals surface area contributed by atoms with Gasteiger partial charge in [0.1, 0.15) is 0 Å². The number of benzene rings is 1. The molecule has 1 amide bonds. The number of fused-ring (bicyclic) bond motifs is 1. The van der Waals surface area contributed by atoms with Crippen LogP contribution in [0.25, 0.3) is 10.9 Å². The maximum Gasteiger partial charge on any atom is 0.241 e. The van der Waals surface area contributed by atoms with Gasteiger partial charge in [-0.25, -0.2) is 0 Å². The third kappa shape index (κ3) is 6.64. The van der Waals surface area contributed by atoms with Crippen LogP contribution < -0.4 is 11.1 Å². The zero-order valence-electron chi connectivity index (χ0n) is 16.6. The van der Waals surface area contributed by atoms with E-state index in [1.165, 1.54) is 5.52 Å². The smallest absolute Gasteiger partial charge is 0.241 e. The Labute approximate surface area is 179 Å². The number of rotatable bonds is 7. The number of hydrogen-bond acceptors (Lipinski definition) is 4. The van der Waals surface area contributed by atoms with Crippen LogP contribution in [0.1, 0.15) is 20.3 Å². The van der Waals surface area contributed by atoms with E-state index in [1.54, 1.807) is 0 Å². The Morgan fingerprint density at radius 3 is 2.57 bits per heavy atom. The molecule has 158 valence electrons. The maximum atomic E-state index is 12.2. The fourth-order valence-corrected chi connectivity index (χ4v) is 3.40. The van der Waals surface area contributed by atoms with E-state index in [2.05, 4.69) is 47.0 Å². The largest absolute Gasteiger partial charge is 0.379 e. The highest BCUT2D eigenvalue weighted by Crippen LogP contribution is 2.21. The fraction of sp³-hybridized carbons (Fsp3) is 0.550. The minimum atomic E-state index is -0.469. The summed E-state index contributed by atoms with van der Waals surface area (Å²) in [4.78, 5) is 14.6. The zero-order valence-corrected chi connectivity index (χ0v) is 18.2. The summed E-state index contributed by atoms with van der Waals surface area (Å²) < 4.78 is 7.66. The van der Waals surface area contributed by atoms with Gasteiger partial charge in [-0.1, -0.05) is 13.8 Å². The molecule has 1 aromatic carbocycles. The van der Waals surface area contributed by atoms with Gasteiger partial charge in [0, 0.05) is 49.0 Å². The summed E-state index contributed by atoms with van der Waals surface area (Å²) in [6, 6.07) is 7.66. The number of nitrogens with one attached hydrogen (secondary N) is 1. The predicted molar refractivity (Wildman–Crippen MR) is 120 cm³/mol. The van der Waals surface area contributed by atoms with Crippen LogP contribution in [0.5, 0.6) is 0 Å². The third-order valence-corrected chi connectivity index (χ3v) is 4.86. The van der Waals surface area contributed by atoms with E-state index in [0.29, 0.717) is 12.3 Å². The van der Waals surface area contributed by atoms with Gasteiger partial charge in [-0.2, -0.15) is 0 Å². The lowest BCUT2D eigenvalue weighted by Gasteiger charge is -2.26. The van der Waals surface area contributed by atoms with Crippen LogP contribution in [0.3, 0.4) is 0 Å². The lowest BCUT2D eigenvalue weighted by molar-refractivity contribution is -0.117. The summed E-state index contributed by atoms with van der Waals surface area (Å²) in [6.45, 7) is 9.78. The number of nitrogens with two attached hydrogens (primary N) is 1. The average molecular weight is 431 g/mol. The molecule has 3 rings (SSSR count). The molecule has 0 radical (unpaired) electrons. The molecule has 0 unspecified atom stereocenters. The van der Waals surface area contributed by atoms with E-state index >= 15 is 0 Å². The number of halogens is 2. The molecule has 0 bridgehead atoms. The van der Waals surface area contributed by atoms with E-state index in [1.807, 2.05) is 12.1 Å². The van der Waals surface area contributed by atoms with Crippen molar-refractivity contribution in [2.75, 3.05) is 38.2 Å². The van der Waals surface area contributed by atoms with Crippen LogP contribution in [-0.4, -0.2) is 54.3 Å². The Morgan fingerprint density at radius 1 is 1.18 bits per heavy atom. The second-order valence-corrected chi connectivity index (χ2v) is 7.46. The highest BCUT2D eigenvalue weighted by Gasteiger charge is 2.15. The second kappa shape index (κ2) is 11.6. The van der Waals surface area contributed by atoms with Crippen molar-refractivity contribution < 1.29 is 9.53 Å². The van der Waals surface area contributed by atoms with Gasteiger partial charge in [-0.15, -0.1) is 24.8 Å². The number of anilines is 1. The minimum Gasteiger partial charge on any atom is -0.379 e. The first-order valence-corrected chi connectivity index (χ1v) is 9.48. The number of ether oxygens (including phenoxy) is 1. The SMILES string of the molecule is CC(C)C[C@H](N)C(=O)Nc1ccc2c(ccn2CCN2CCOCC2)c1.Cl.Cl. The quantitative estimate of drug-likeness (QED) is 0.707. The van der Waals surface area contributed by atoms with E-state index in [4.69, 9.17) is 10.5 Å². The highest BCUT2D eigenvalue weighted by atomic mass is 35.5. The molecule has 28 heavy (non-hydrogen) atoms. The van der Waals surface area contributed by atoms with Gasteiger partial charge in [0.2, 0.25) is 5.91 Å². The predicted octanol–water partition coefficient (Wildman–Crippen LogP) is 3.13. The molecule has 1 fully saturated rings. The first-order chi connectivity index (χ1) is 12.5. The Balaban J connectivity index is 0.00000196. The molecule has 0 aliphatic carbocycles. The molecule has 0 spiro atoms. The highest BCUT2D eigenvalue weighted by molar-refractivity contribution is 5.96. The number of hydrogen-bond donors (Lipinski definition) is 2. The summed E-state index contributed by atoms with van der Waals surface area (Å²) in [6.07, 6.45) is 2.80. The molecule has 1 aliphatic rings. The lowest BCUT2D eigenvalue weighted by atomic mass is 10.0. The minimum absolute atomic E-state index is 0. The topological polar surface area (TPSA) is 72.5 Å². The molecule has 3 N–H and O–H groups in total. The number of nitrogens with zero attached hydrogens (tertiary/aromatic N) is 2. The molecule has 6 nitrogen and oxygen atoms in total. The van der Waals surface area contributed by atoms with Crippen LogP contribution >= 0.6 is 24.8 Å². The van der Waals surface area contributed by atoms with Crippen molar-refractivity contribution in [3.05, 3.63) is 30.5 Å². The normalized spacial score (nSPS) is 15.7. The molecule has 1 aromatic heterocycles. The van der Waals surface area contributed by atoms with Gasteiger partial charge in [0.25, 0.3) is 0 Å². The number of aromatic nitrogens is 1. The Bertz CT molecular complexity index is 745. The number of carbonyl (C=O) groups is 1. The molecule has 1 atom stereocenters. The summed E-state index contributed by atoms with van der Waals surface area (Å²) in [7, 11) is 0. The van der Waals surface area contributed by atoms with Crippen molar-refractivity contribution in [1.29, 1.82) is 0 Å². The van der Waals surface area contributed by atoms with Gasteiger partial charge in [0.05, 0.1) is 19.3 Å². The van der Waals surface area contributed by atoms with E-state index in [9.17, 15) is 4.79 Å². The van der Waals surface area contributed by atoms with E-state index in [0.717, 1.165) is 50.5 Å². The Morgan fingerprint density at radius 2 is 1.89 bits per heavy atom. The van der Waals surface area contributed by atoms with E-state index < -0.39 is 6.04 Å². The summed E-state index contributed by atoms with van der Waals surface area (Å²) in [5, 5.41) is 4.06. The number of carbonyl (C=O) groups excluding carboxylic acids is 1. The summed E-state index contributed by atoms with van der Waals surface area (Å²) in [5.74, 6) is 0.281. The van der Waals surface area contributed by atoms with Gasteiger partial charge in [0.15, 0.2) is 0 Å². The van der Waals surface area contributed by atoms with Gasteiger partial charge < -0.3 is 20.4 Å². The molecule has 1 saturated heterocycles. The van der Waals surface area contributed by atoms with Crippen molar-refractivity contribution in [2.24, 2.45) is 11.7 Å². The maximum absolute atomic E-state index is 12.2. The summed E-state index contributed by atoms with van der Waals surface area (Å²) in [5.41, 5.74) is 7.95. The summed E-state index contributed by atoms with van der Waals surface area (Å²) >= 11 is 0.